The molecule has 0 spiro atoms. The fourth-order valence-electron chi connectivity index (χ4n) is 2.85. The average Bonchev–Trinajstić information content (AvgIpc) is 3.09. The van der Waals surface area contributed by atoms with Crippen molar-refractivity contribution < 1.29 is 17.4 Å². The fraction of sp³-hybridized carbons (Fsp3) is 0.286. The van der Waals surface area contributed by atoms with E-state index >= 15 is 0 Å². The predicted octanol–water partition coefficient (Wildman–Crippen LogP) is 5.40. The van der Waals surface area contributed by atoms with Crippen LogP contribution in [0, 0.1) is 6.92 Å². The van der Waals surface area contributed by atoms with Crippen molar-refractivity contribution >= 4 is 71.0 Å². The molecule has 1 aliphatic heterocycles. The van der Waals surface area contributed by atoms with Crippen molar-refractivity contribution in [2.45, 2.75) is 43.3 Å². The number of hydrogen-bond donors (Lipinski definition) is 1. The Bertz CT molecular complexity index is 1180. The van der Waals surface area contributed by atoms with E-state index in [0.717, 1.165) is 24.8 Å². The standard InChI is InChI=1S/C21H21Br2N3O4S2/c1-3-4-5-18-20(27)25-21(31-18)26-24-12-14-10-13(2)6-9-17(14)30-32(28,29)19-11-15(22)7-8-16(19)23/h6-12,18H,3-5H2,1-2H3,(H,25,26,27)/b24-12+. The van der Waals surface area contributed by atoms with Gasteiger partial charge in [-0.3, -0.25) is 4.79 Å². The Labute approximate surface area is 208 Å². The van der Waals surface area contributed by atoms with Crippen LogP contribution in [0.1, 0.15) is 37.3 Å². The van der Waals surface area contributed by atoms with Crippen molar-refractivity contribution in [2.75, 3.05) is 0 Å². The van der Waals surface area contributed by atoms with Crippen molar-refractivity contribution in [3.63, 3.8) is 0 Å². The summed E-state index contributed by atoms with van der Waals surface area (Å²) in [4.78, 5) is 12.0. The van der Waals surface area contributed by atoms with Crippen LogP contribution in [0.3, 0.4) is 0 Å². The first-order chi connectivity index (χ1) is 15.2. The maximum atomic E-state index is 12.9. The number of rotatable bonds is 8. The lowest BCUT2D eigenvalue weighted by Gasteiger charge is -2.11. The van der Waals surface area contributed by atoms with E-state index in [1.165, 1.54) is 24.0 Å². The molecule has 32 heavy (non-hydrogen) atoms. The minimum atomic E-state index is -4.10. The monoisotopic (exact) mass is 601 g/mol. The summed E-state index contributed by atoms with van der Waals surface area (Å²) in [7, 11) is -4.10. The maximum absolute atomic E-state index is 12.9. The van der Waals surface area contributed by atoms with Gasteiger partial charge in [0, 0.05) is 14.5 Å². The number of carbonyl (C=O) groups excluding carboxylic acids is 1. The molecule has 1 atom stereocenters. The zero-order valence-corrected chi connectivity index (χ0v) is 22.1. The number of thioether (sulfide) groups is 1. The molecule has 2 aromatic carbocycles. The van der Waals surface area contributed by atoms with E-state index in [1.807, 2.05) is 6.92 Å². The largest absolute Gasteiger partial charge is 0.378 e. The lowest BCUT2D eigenvalue weighted by atomic mass is 10.1. The zero-order valence-electron chi connectivity index (χ0n) is 17.3. The molecular weight excluding hydrogens is 582 g/mol. The third kappa shape index (κ3) is 6.43. The summed E-state index contributed by atoms with van der Waals surface area (Å²) in [6, 6.07) is 9.86. The van der Waals surface area contributed by atoms with E-state index in [4.69, 9.17) is 4.18 Å². The van der Waals surface area contributed by atoms with Crippen LogP contribution in [-0.4, -0.2) is 31.0 Å². The SMILES string of the molecule is CCCCC1S/C(=N/N=C/c2cc(C)ccc2OS(=O)(=O)c2cc(Br)ccc2Br)NC1=O. The van der Waals surface area contributed by atoms with Gasteiger partial charge in [-0.05, 0) is 59.6 Å². The molecule has 1 fully saturated rings. The summed E-state index contributed by atoms with van der Waals surface area (Å²) in [5.74, 6) is 0.0537. The number of unbranched alkanes of at least 4 members (excludes halogenated alkanes) is 1. The van der Waals surface area contributed by atoms with Crippen LogP contribution >= 0.6 is 43.6 Å². The summed E-state index contributed by atoms with van der Waals surface area (Å²) in [6.07, 6.45) is 4.18. The molecule has 0 aromatic heterocycles. The summed E-state index contributed by atoms with van der Waals surface area (Å²) in [5, 5.41) is 11.1. The fourth-order valence-corrected chi connectivity index (χ4v) is 6.24. The van der Waals surface area contributed by atoms with Gasteiger partial charge in [-0.25, -0.2) is 0 Å². The minimum Gasteiger partial charge on any atom is -0.378 e. The molecule has 1 unspecified atom stereocenters. The van der Waals surface area contributed by atoms with Gasteiger partial charge in [0.25, 0.3) is 0 Å². The van der Waals surface area contributed by atoms with E-state index < -0.39 is 10.1 Å². The molecule has 1 aliphatic rings. The predicted molar refractivity (Wildman–Crippen MR) is 135 cm³/mol. The molecule has 1 saturated heterocycles. The van der Waals surface area contributed by atoms with Crippen molar-refractivity contribution in [3.05, 3.63) is 56.5 Å². The quantitative estimate of drug-likeness (QED) is 0.248. The Morgan fingerprint density at radius 3 is 2.75 bits per heavy atom. The van der Waals surface area contributed by atoms with Gasteiger partial charge in [0.2, 0.25) is 5.91 Å². The number of aryl methyl sites for hydroxylation is 1. The summed E-state index contributed by atoms with van der Waals surface area (Å²) < 4.78 is 32.1. The highest BCUT2D eigenvalue weighted by molar-refractivity contribution is 9.11. The van der Waals surface area contributed by atoms with Crippen molar-refractivity contribution in [1.29, 1.82) is 0 Å². The van der Waals surface area contributed by atoms with Crippen molar-refractivity contribution in [3.8, 4) is 5.75 Å². The Morgan fingerprint density at radius 2 is 2.00 bits per heavy atom. The van der Waals surface area contributed by atoms with E-state index in [9.17, 15) is 13.2 Å². The van der Waals surface area contributed by atoms with Crippen molar-refractivity contribution in [2.24, 2.45) is 10.2 Å². The highest BCUT2D eigenvalue weighted by atomic mass is 79.9. The van der Waals surface area contributed by atoms with Gasteiger partial charge < -0.3 is 9.50 Å². The second-order valence-electron chi connectivity index (χ2n) is 7.04. The Balaban J connectivity index is 1.81. The van der Waals surface area contributed by atoms with Crippen molar-refractivity contribution in [1.82, 2.24) is 5.32 Å². The molecular formula is C21H21Br2N3O4S2. The summed E-state index contributed by atoms with van der Waals surface area (Å²) in [6.45, 7) is 3.95. The topological polar surface area (TPSA) is 97.2 Å². The first-order valence-corrected chi connectivity index (χ1v) is 13.7. The molecule has 0 aliphatic carbocycles. The van der Waals surface area contributed by atoms with Gasteiger partial charge in [0.05, 0.1) is 11.5 Å². The van der Waals surface area contributed by atoms with Crippen LogP contribution in [0.4, 0.5) is 0 Å². The molecule has 170 valence electrons. The number of nitrogens with one attached hydrogen (secondary N) is 1. The van der Waals surface area contributed by atoms with E-state index in [1.54, 1.807) is 30.3 Å². The van der Waals surface area contributed by atoms with Gasteiger partial charge in [-0.2, -0.15) is 13.5 Å². The molecule has 11 heteroatoms. The zero-order chi connectivity index (χ0) is 23.3. The molecule has 7 nitrogen and oxygen atoms in total. The first kappa shape index (κ1) is 24.9. The molecule has 2 aromatic rings. The maximum Gasteiger partial charge on any atom is 0.340 e. The molecule has 3 rings (SSSR count). The van der Waals surface area contributed by atoms with E-state index in [2.05, 4.69) is 54.3 Å². The number of carbonyl (C=O) groups is 1. The normalized spacial score (nSPS) is 17.8. The minimum absolute atomic E-state index is 0.00114. The van der Waals surface area contributed by atoms with Crippen LogP contribution in [0.15, 0.2) is 60.4 Å². The number of halogens is 2. The third-order valence-corrected chi connectivity index (χ3v) is 8.33. The van der Waals surface area contributed by atoms with Crippen LogP contribution < -0.4 is 9.50 Å². The number of hydrogen-bond acceptors (Lipinski definition) is 7. The van der Waals surface area contributed by atoms with Gasteiger partial charge >= 0.3 is 10.1 Å². The molecule has 0 bridgehead atoms. The van der Waals surface area contributed by atoms with Crippen LogP contribution in [0.2, 0.25) is 0 Å². The van der Waals surface area contributed by atoms with Gasteiger partial charge in [-0.1, -0.05) is 59.1 Å². The molecule has 1 N–H and O–H groups in total. The number of amidine groups is 1. The summed E-state index contributed by atoms with van der Waals surface area (Å²) in [5.41, 5.74) is 1.34. The average molecular weight is 603 g/mol. The number of amides is 1. The number of nitrogens with zero attached hydrogens (tertiary/aromatic N) is 2. The first-order valence-electron chi connectivity index (χ1n) is 9.78. The van der Waals surface area contributed by atoms with Gasteiger partial charge in [0.15, 0.2) is 10.9 Å². The van der Waals surface area contributed by atoms with Gasteiger partial charge in [0.1, 0.15) is 4.90 Å². The smallest absolute Gasteiger partial charge is 0.340 e. The third-order valence-electron chi connectivity index (χ3n) is 4.47. The second kappa shape index (κ2) is 11.0. The van der Waals surface area contributed by atoms with Gasteiger partial charge in [-0.15, -0.1) is 5.10 Å². The summed E-state index contributed by atoms with van der Waals surface area (Å²) >= 11 is 7.88. The van der Waals surface area contributed by atoms with E-state index in [0.29, 0.717) is 19.7 Å². The molecule has 1 heterocycles. The van der Waals surface area contributed by atoms with Crippen LogP contribution in [0.25, 0.3) is 0 Å². The Kier molecular flexibility index (Phi) is 8.54. The second-order valence-corrected chi connectivity index (χ2v) is 11.5. The number of benzene rings is 2. The molecule has 0 saturated carbocycles. The molecule has 1 amide bonds. The highest BCUT2D eigenvalue weighted by Crippen LogP contribution is 2.30. The Hall–Kier alpha value is -1.69. The Morgan fingerprint density at radius 1 is 1.22 bits per heavy atom. The van der Waals surface area contributed by atoms with Crippen LogP contribution in [0.5, 0.6) is 5.75 Å². The highest BCUT2D eigenvalue weighted by Gasteiger charge is 2.29. The van der Waals surface area contributed by atoms with E-state index in [-0.39, 0.29) is 21.8 Å². The lowest BCUT2D eigenvalue weighted by Crippen LogP contribution is -2.24. The molecule has 0 radical (unpaired) electrons. The van der Waals surface area contributed by atoms with Crippen LogP contribution in [-0.2, 0) is 14.9 Å². The lowest BCUT2D eigenvalue weighted by molar-refractivity contribution is -0.118.